The highest BCUT2D eigenvalue weighted by Gasteiger charge is 2.25. The van der Waals surface area contributed by atoms with Crippen LogP contribution >= 0.6 is 11.8 Å². The number of carbonyl (C=O) groups excluding carboxylic acids is 2. The summed E-state index contributed by atoms with van der Waals surface area (Å²) in [6.07, 6.45) is 2.35. The smallest absolute Gasteiger partial charge is 0.323 e. The zero-order chi connectivity index (χ0) is 16.5. The summed E-state index contributed by atoms with van der Waals surface area (Å²) in [7, 11) is 1.41. The maximum Gasteiger partial charge on any atom is 0.323 e. The minimum Gasteiger partial charge on any atom is -0.480 e. The SMILES string of the molecule is CSCCC(NC(=O)c1ccccc1)C(=O)N(C)CC(=O)O. The quantitative estimate of drug-likeness (QED) is 0.747. The minimum absolute atomic E-state index is 0.344. The van der Waals surface area contributed by atoms with Gasteiger partial charge in [-0.05, 0) is 30.6 Å². The van der Waals surface area contributed by atoms with Gasteiger partial charge in [-0.3, -0.25) is 14.4 Å². The van der Waals surface area contributed by atoms with Crippen LogP contribution in [0.4, 0.5) is 0 Å². The summed E-state index contributed by atoms with van der Waals surface area (Å²) in [5.41, 5.74) is 0.463. The molecule has 0 aliphatic rings. The van der Waals surface area contributed by atoms with Crippen LogP contribution in [0.15, 0.2) is 30.3 Å². The topological polar surface area (TPSA) is 86.7 Å². The van der Waals surface area contributed by atoms with Gasteiger partial charge in [-0.25, -0.2) is 0 Å². The van der Waals surface area contributed by atoms with E-state index >= 15 is 0 Å². The number of hydrogen-bond donors (Lipinski definition) is 2. The van der Waals surface area contributed by atoms with Crippen molar-refractivity contribution in [2.75, 3.05) is 25.6 Å². The fraction of sp³-hybridized carbons (Fsp3) is 0.400. The fourth-order valence-corrected chi connectivity index (χ4v) is 2.34. The van der Waals surface area contributed by atoms with Crippen molar-refractivity contribution < 1.29 is 19.5 Å². The number of nitrogens with zero attached hydrogens (tertiary/aromatic N) is 1. The molecule has 2 N–H and O–H groups in total. The van der Waals surface area contributed by atoms with Crippen LogP contribution in [-0.4, -0.2) is 59.4 Å². The van der Waals surface area contributed by atoms with Crippen molar-refractivity contribution in [3.8, 4) is 0 Å². The molecule has 0 aliphatic heterocycles. The number of amides is 2. The lowest BCUT2D eigenvalue weighted by Gasteiger charge is -2.23. The molecule has 0 radical (unpaired) electrons. The van der Waals surface area contributed by atoms with Crippen LogP contribution in [0, 0.1) is 0 Å². The average Bonchev–Trinajstić information content (AvgIpc) is 2.50. The van der Waals surface area contributed by atoms with Gasteiger partial charge < -0.3 is 15.3 Å². The van der Waals surface area contributed by atoms with Gasteiger partial charge in [0, 0.05) is 12.6 Å². The molecule has 22 heavy (non-hydrogen) atoms. The predicted octanol–water partition coefficient (Wildman–Crippen LogP) is 1.08. The summed E-state index contributed by atoms with van der Waals surface area (Å²) < 4.78 is 0. The van der Waals surface area contributed by atoms with E-state index in [0.717, 1.165) is 4.90 Å². The maximum atomic E-state index is 12.3. The molecule has 0 saturated heterocycles. The van der Waals surface area contributed by atoms with Crippen LogP contribution in [0.3, 0.4) is 0 Å². The van der Waals surface area contributed by atoms with E-state index in [4.69, 9.17) is 5.11 Å². The number of thioether (sulfide) groups is 1. The monoisotopic (exact) mass is 324 g/mol. The highest BCUT2D eigenvalue weighted by molar-refractivity contribution is 7.98. The normalized spacial score (nSPS) is 11.5. The molecule has 6 nitrogen and oxygen atoms in total. The van der Waals surface area contributed by atoms with Crippen LogP contribution in [-0.2, 0) is 9.59 Å². The third kappa shape index (κ3) is 5.77. The summed E-state index contributed by atoms with van der Waals surface area (Å²) in [5, 5.41) is 11.5. The molecule has 120 valence electrons. The van der Waals surface area contributed by atoms with Gasteiger partial charge in [-0.15, -0.1) is 0 Å². The molecule has 0 saturated carbocycles. The van der Waals surface area contributed by atoms with Gasteiger partial charge >= 0.3 is 5.97 Å². The first kappa shape index (κ1) is 18.0. The second-order valence-electron chi connectivity index (χ2n) is 4.76. The van der Waals surface area contributed by atoms with E-state index in [-0.39, 0.29) is 5.91 Å². The summed E-state index contributed by atoms with van der Waals surface area (Å²) in [6.45, 7) is -0.393. The molecule has 1 aromatic rings. The number of nitrogens with one attached hydrogen (secondary N) is 1. The Labute approximate surface area is 133 Å². The van der Waals surface area contributed by atoms with E-state index < -0.39 is 24.5 Å². The molecular weight excluding hydrogens is 304 g/mol. The van der Waals surface area contributed by atoms with Gasteiger partial charge in [-0.2, -0.15) is 11.8 Å². The number of carbonyl (C=O) groups is 3. The van der Waals surface area contributed by atoms with E-state index in [1.165, 1.54) is 7.05 Å². The highest BCUT2D eigenvalue weighted by Crippen LogP contribution is 2.06. The number of rotatable bonds is 8. The molecule has 0 fully saturated rings. The van der Waals surface area contributed by atoms with Crippen molar-refractivity contribution in [1.29, 1.82) is 0 Å². The van der Waals surface area contributed by atoms with Crippen LogP contribution in [0.2, 0.25) is 0 Å². The Morgan fingerprint density at radius 3 is 2.45 bits per heavy atom. The van der Waals surface area contributed by atoms with Crippen molar-refractivity contribution in [1.82, 2.24) is 10.2 Å². The first-order chi connectivity index (χ1) is 10.5. The summed E-state index contributed by atoms with van der Waals surface area (Å²) in [5.74, 6) is -1.15. The number of carboxylic acid groups (broad SMARTS) is 1. The van der Waals surface area contributed by atoms with Crippen molar-refractivity contribution in [2.45, 2.75) is 12.5 Å². The second-order valence-corrected chi connectivity index (χ2v) is 5.75. The third-order valence-corrected chi connectivity index (χ3v) is 3.64. The van der Waals surface area contributed by atoms with Gasteiger partial charge in [0.1, 0.15) is 12.6 Å². The van der Waals surface area contributed by atoms with Crippen molar-refractivity contribution in [3.63, 3.8) is 0 Å². The molecule has 0 heterocycles. The molecule has 1 rings (SSSR count). The van der Waals surface area contributed by atoms with Crippen LogP contribution < -0.4 is 5.32 Å². The predicted molar refractivity (Wildman–Crippen MR) is 86.0 cm³/mol. The molecule has 2 amide bonds. The van der Waals surface area contributed by atoms with E-state index in [9.17, 15) is 14.4 Å². The van der Waals surface area contributed by atoms with E-state index in [1.807, 2.05) is 6.26 Å². The highest BCUT2D eigenvalue weighted by atomic mass is 32.2. The molecular formula is C15H20N2O4S. The van der Waals surface area contributed by atoms with Crippen molar-refractivity contribution in [2.24, 2.45) is 0 Å². The minimum atomic E-state index is -1.09. The van der Waals surface area contributed by atoms with Gasteiger partial charge in [0.25, 0.3) is 5.91 Å². The van der Waals surface area contributed by atoms with Gasteiger partial charge in [0.2, 0.25) is 5.91 Å². The zero-order valence-electron chi connectivity index (χ0n) is 12.6. The lowest BCUT2D eigenvalue weighted by atomic mass is 10.1. The Morgan fingerprint density at radius 1 is 1.27 bits per heavy atom. The average molecular weight is 324 g/mol. The Balaban J connectivity index is 2.77. The largest absolute Gasteiger partial charge is 0.480 e. The number of hydrogen-bond acceptors (Lipinski definition) is 4. The maximum absolute atomic E-state index is 12.3. The summed E-state index contributed by atoms with van der Waals surface area (Å²) >= 11 is 1.56. The summed E-state index contributed by atoms with van der Waals surface area (Å²) in [6, 6.07) is 7.87. The molecule has 0 aliphatic carbocycles. The van der Waals surface area contributed by atoms with Gasteiger partial charge in [0.05, 0.1) is 0 Å². The molecule has 1 unspecified atom stereocenters. The zero-order valence-corrected chi connectivity index (χ0v) is 13.4. The van der Waals surface area contributed by atoms with Gasteiger partial charge in [-0.1, -0.05) is 18.2 Å². The Hall–Kier alpha value is -2.02. The van der Waals surface area contributed by atoms with Gasteiger partial charge in [0.15, 0.2) is 0 Å². The fourth-order valence-electron chi connectivity index (χ4n) is 1.87. The Bertz CT molecular complexity index is 522. The molecule has 7 heteroatoms. The Kier molecular flexibility index (Phi) is 7.45. The number of carboxylic acids is 1. The van der Waals surface area contributed by atoms with E-state index in [1.54, 1.807) is 42.1 Å². The first-order valence-electron chi connectivity index (χ1n) is 6.77. The standard InChI is InChI=1S/C15H20N2O4S/c1-17(10-13(18)19)15(21)12(8-9-22-2)16-14(20)11-6-4-3-5-7-11/h3-7,12H,8-10H2,1-2H3,(H,16,20)(H,18,19). The van der Waals surface area contributed by atoms with Crippen LogP contribution in [0.1, 0.15) is 16.8 Å². The third-order valence-electron chi connectivity index (χ3n) is 3.00. The first-order valence-corrected chi connectivity index (χ1v) is 8.16. The van der Waals surface area contributed by atoms with E-state index in [2.05, 4.69) is 5.32 Å². The molecule has 0 aromatic heterocycles. The lowest BCUT2D eigenvalue weighted by Crippen LogP contribution is -2.48. The lowest BCUT2D eigenvalue weighted by molar-refractivity contribution is -0.144. The Morgan fingerprint density at radius 2 is 1.91 bits per heavy atom. The van der Waals surface area contributed by atoms with Crippen molar-refractivity contribution >= 4 is 29.5 Å². The van der Waals surface area contributed by atoms with Crippen LogP contribution in [0.5, 0.6) is 0 Å². The number of aliphatic carboxylic acids is 1. The molecule has 1 aromatic carbocycles. The van der Waals surface area contributed by atoms with Crippen LogP contribution in [0.25, 0.3) is 0 Å². The summed E-state index contributed by atoms with van der Waals surface area (Å²) in [4.78, 5) is 36.3. The van der Waals surface area contributed by atoms with Crippen molar-refractivity contribution in [3.05, 3.63) is 35.9 Å². The molecule has 0 spiro atoms. The van der Waals surface area contributed by atoms with E-state index in [0.29, 0.717) is 17.7 Å². The number of likely N-dealkylation sites (N-methyl/N-ethyl adjacent to an activating group) is 1. The second kappa shape index (κ2) is 9.09. The number of benzene rings is 1. The molecule has 1 atom stereocenters. The molecule has 0 bridgehead atoms.